The first-order chi connectivity index (χ1) is 18.5. The lowest BCUT2D eigenvalue weighted by Gasteiger charge is -2.38. The van der Waals surface area contributed by atoms with Gasteiger partial charge < -0.3 is 29.7 Å². The first-order valence-corrected chi connectivity index (χ1v) is 13.0. The molecule has 220 valence electrons. The number of rotatable bonds is 7. The Morgan fingerprint density at radius 3 is 2.38 bits per heavy atom. The molecule has 12 nitrogen and oxygen atoms in total. The number of benzene rings is 1. The molecule has 40 heavy (non-hydrogen) atoms. The molecule has 0 atom stereocenters. The highest BCUT2D eigenvalue weighted by Gasteiger charge is 2.34. The van der Waals surface area contributed by atoms with Crippen LogP contribution in [0, 0.1) is 0 Å². The van der Waals surface area contributed by atoms with Crippen molar-refractivity contribution >= 4 is 50.7 Å². The van der Waals surface area contributed by atoms with E-state index in [2.05, 4.69) is 15.0 Å². The van der Waals surface area contributed by atoms with Crippen LogP contribution in [0.4, 0.5) is 27.9 Å². The number of carboxylic acid groups (broad SMARTS) is 1. The van der Waals surface area contributed by atoms with Gasteiger partial charge in [-0.05, 0) is 45.7 Å². The van der Waals surface area contributed by atoms with Crippen LogP contribution in [-0.2, 0) is 14.3 Å². The summed E-state index contributed by atoms with van der Waals surface area (Å²) in [6.07, 6.45) is -6.00. The quantitative estimate of drug-likeness (QED) is 0.494. The van der Waals surface area contributed by atoms with Gasteiger partial charge in [-0.25, -0.2) is 14.6 Å². The molecule has 0 bridgehead atoms. The summed E-state index contributed by atoms with van der Waals surface area (Å²) in [4.78, 5) is 57.5. The number of thiazole rings is 1. The maximum atomic E-state index is 13.0. The molecule has 16 heteroatoms. The van der Waals surface area contributed by atoms with Crippen molar-refractivity contribution in [2.75, 3.05) is 38.5 Å². The fraction of sp³-hybridized carbons (Fsp3) is 0.542. The van der Waals surface area contributed by atoms with E-state index in [1.165, 1.54) is 22.9 Å². The van der Waals surface area contributed by atoms with Crippen LogP contribution in [-0.4, -0.2) is 100 Å². The Hall–Kier alpha value is -3.82. The maximum absolute atomic E-state index is 13.0. The number of fused-ring (bicyclic) bond motifs is 1. The van der Waals surface area contributed by atoms with Crippen molar-refractivity contribution in [2.45, 2.75) is 51.6 Å². The van der Waals surface area contributed by atoms with Gasteiger partial charge in [0.25, 0.3) is 0 Å². The van der Waals surface area contributed by atoms with E-state index in [1.54, 1.807) is 20.8 Å². The third-order valence-corrected chi connectivity index (χ3v) is 6.69. The van der Waals surface area contributed by atoms with Crippen molar-refractivity contribution in [1.82, 2.24) is 19.7 Å². The number of ether oxygens (including phenoxy) is 2. The molecule has 2 heterocycles. The van der Waals surface area contributed by atoms with Gasteiger partial charge >= 0.3 is 18.5 Å². The molecule has 2 aromatic rings. The van der Waals surface area contributed by atoms with Gasteiger partial charge in [-0.15, -0.1) is 13.2 Å². The van der Waals surface area contributed by atoms with E-state index in [-0.39, 0.29) is 24.8 Å². The van der Waals surface area contributed by atoms with Crippen molar-refractivity contribution in [3.05, 3.63) is 18.2 Å². The van der Waals surface area contributed by atoms with Gasteiger partial charge in [-0.1, -0.05) is 11.3 Å². The minimum absolute atomic E-state index is 0.116. The standard InChI is InChI=1S/C24H30F3N5O7S/c1-23(2,3)39-22(37)32(14-7-9-31(10-8-14)21(35)36)13-19(34)30(4)12-18(33)29-20-28-16-6-5-15(11-17(16)40-20)38-24(25,26)27/h5-6,11,14H,7-10,12-13H2,1-4H3,(H,35,36)(H,28,29,33). The number of halogens is 3. The molecule has 1 aliphatic heterocycles. The number of aromatic nitrogens is 1. The fourth-order valence-corrected chi connectivity index (χ4v) is 4.83. The molecule has 1 aromatic carbocycles. The number of nitrogens with zero attached hydrogens (tertiary/aromatic N) is 4. The molecule has 1 saturated heterocycles. The zero-order valence-electron chi connectivity index (χ0n) is 22.3. The Kier molecular flexibility index (Phi) is 9.32. The van der Waals surface area contributed by atoms with E-state index in [4.69, 9.17) is 4.74 Å². The number of carbonyl (C=O) groups excluding carboxylic acids is 3. The van der Waals surface area contributed by atoms with Crippen LogP contribution in [0.5, 0.6) is 5.75 Å². The van der Waals surface area contributed by atoms with Crippen LogP contribution in [0.1, 0.15) is 33.6 Å². The summed E-state index contributed by atoms with van der Waals surface area (Å²) in [5.41, 5.74) is -0.482. The maximum Gasteiger partial charge on any atom is 0.573 e. The molecule has 3 rings (SSSR count). The predicted molar refractivity (Wildman–Crippen MR) is 138 cm³/mol. The summed E-state index contributed by atoms with van der Waals surface area (Å²) in [6.45, 7) is 4.65. The molecule has 1 aromatic heterocycles. The van der Waals surface area contributed by atoms with Crippen molar-refractivity contribution in [1.29, 1.82) is 0 Å². The molecular formula is C24H30F3N5O7S. The molecule has 0 spiro atoms. The first kappa shape index (κ1) is 30.7. The Balaban J connectivity index is 1.62. The van der Waals surface area contributed by atoms with Gasteiger partial charge in [0.1, 0.15) is 17.9 Å². The second-order valence-electron chi connectivity index (χ2n) is 10.1. The average molecular weight is 590 g/mol. The zero-order chi connectivity index (χ0) is 29.8. The van der Waals surface area contributed by atoms with Gasteiger partial charge in [-0.2, -0.15) is 0 Å². The van der Waals surface area contributed by atoms with Gasteiger partial charge in [0, 0.05) is 32.2 Å². The topological polar surface area (TPSA) is 142 Å². The van der Waals surface area contributed by atoms with Crippen LogP contribution in [0.3, 0.4) is 0 Å². The number of amides is 4. The second kappa shape index (κ2) is 12.1. The van der Waals surface area contributed by atoms with E-state index < -0.39 is 54.3 Å². The Bertz CT molecular complexity index is 1260. The van der Waals surface area contributed by atoms with E-state index in [9.17, 15) is 37.5 Å². The number of carbonyl (C=O) groups is 4. The number of anilines is 1. The van der Waals surface area contributed by atoms with Crippen LogP contribution in [0.2, 0.25) is 0 Å². The lowest BCUT2D eigenvalue weighted by molar-refractivity contribution is -0.274. The van der Waals surface area contributed by atoms with Gasteiger partial charge in [0.2, 0.25) is 11.8 Å². The molecule has 1 aliphatic rings. The predicted octanol–water partition coefficient (Wildman–Crippen LogP) is 3.97. The van der Waals surface area contributed by atoms with Crippen molar-refractivity contribution < 1.29 is 46.9 Å². The molecule has 0 radical (unpaired) electrons. The largest absolute Gasteiger partial charge is 0.573 e. The van der Waals surface area contributed by atoms with Gasteiger partial charge in [-0.3, -0.25) is 14.5 Å². The minimum atomic E-state index is -4.85. The highest BCUT2D eigenvalue weighted by atomic mass is 32.1. The number of alkyl halides is 3. The molecule has 0 saturated carbocycles. The number of likely N-dealkylation sites (N-methyl/N-ethyl adjacent to an activating group) is 1. The summed E-state index contributed by atoms with van der Waals surface area (Å²) in [5.74, 6) is -1.59. The Morgan fingerprint density at radius 2 is 1.80 bits per heavy atom. The van der Waals surface area contributed by atoms with Crippen molar-refractivity contribution in [2.24, 2.45) is 0 Å². The van der Waals surface area contributed by atoms with Crippen molar-refractivity contribution in [3.63, 3.8) is 0 Å². The summed E-state index contributed by atoms with van der Waals surface area (Å²) in [5, 5.41) is 11.8. The molecule has 4 amide bonds. The second-order valence-corrected chi connectivity index (χ2v) is 11.1. The van der Waals surface area contributed by atoms with Crippen LogP contribution >= 0.6 is 11.3 Å². The molecule has 0 unspecified atom stereocenters. The van der Waals surface area contributed by atoms with E-state index in [0.717, 1.165) is 28.4 Å². The first-order valence-electron chi connectivity index (χ1n) is 12.2. The smallest absolute Gasteiger partial charge is 0.465 e. The molecule has 1 fully saturated rings. The van der Waals surface area contributed by atoms with Crippen LogP contribution < -0.4 is 10.1 Å². The lowest BCUT2D eigenvalue weighted by atomic mass is 10.0. The third-order valence-electron chi connectivity index (χ3n) is 5.76. The number of nitrogens with one attached hydrogen (secondary N) is 1. The Morgan fingerprint density at radius 1 is 1.15 bits per heavy atom. The lowest BCUT2D eigenvalue weighted by Crippen LogP contribution is -2.53. The monoisotopic (exact) mass is 589 g/mol. The molecule has 0 aliphatic carbocycles. The summed E-state index contributed by atoms with van der Waals surface area (Å²) >= 11 is 0.933. The van der Waals surface area contributed by atoms with E-state index in [1.807, 2.05) is 0 Å². The van der Waals surface area contributed by atoms with Gasteiger partial charge in [0.15, 0.2) is 5.13 Å². The zero-order valence-corrected chi connectivity index (χ0v) is 23.1. The molecular weight excluding hydrogens is 559 g/mol. The van der Waals surface area contributed by atoms with Crippen molar-refractivity contribution in [3.8, 4) is 5.75 Å². The van der Waals surface area contributed by atoms with Crippen LogP contribution in [0.15, 0.2) is 18.2 Å². The SMILES string of the molecule is CN(CC(=O)Nc1nc2ccc(OC(F)(F)F)cc2s1)C(=O)CN(C(=O)OC(C)(C)C)C1CCN(C(=O)O)CC1. The number of piperidine rings is 1. The summed E-state index contributed by atoms with van der Waals surface area (Å²) in [7, 11) is 1.38. The summed E-state index contributed by atoms with van der Waals surface area (Å²) < 4.78 is 47.1. The summed E-state index contributed by atoms with van der Waals surface area (Å²) in [6, 6.07) is 3.14. The van der Waals surface area contributed by atoms with E-state index >= 15 is 0 Å². The number of hydrogen-bond donors (Lipinski definition) is 2. The Labute approximate surface area is 231 Å². The van der Waals surface area contributed by atoms with Crippen LogP contribution in [0.25, 0.3) is 10.2 Å². The average Bonchev–Trinajstić information content (AvgIpc) is 3.21. The normalized spacial score (nSPS) is 14.5. The number of hydrogen-bond acceptors (Lipinski definition) is 8. The van der Waals surface area contributed by atoms with Gasteiger partial charge in [0.05, 0.1) is 16.8 Å². The fourth-order valence-electron chi connectivity index (χ4n) is 3.92. The minimum Gasteiger partial charge on any atom is -0.465 e. The molecule has 2 N–H and O–H groups in total. The number of likely N-dealkylation sites (tertiary alicyclic amines) is 1. The third kappa shape index (κ3) is 8.86. The highest BCUT2D eigenvalue weighted by Crippen LogP contribution is 2.31. The van der Waals surface area contributed by atoms with E-state index in [0.29, 0.717) is 23.1 Å². The highest BCUT2D eigenvalue weighted by molar-refractivity contribution is 7.22.